The monoisotopic (exact) mass is 318 g/mol. The van der Waals surface area contributed by atoms with E-state index in [1.807, 2.05) is 6.92 Å². The van der Waals surface area contributed by atoms with Crippen molar-refractivity contribution in [2.45, 2.75) is 11.8 Å². The molecule has 0 radical (unpaired) electrons. The van der Waals surface area contributed by atoms with Gasteiger partial charge >= 0.3 is 0 Å². The van der Waals surface area contributed by atoms with Crippen LogP contribution in [0.2, 0.25) is 0 Å². The fraction of sp³-hybridized carbons (Fsp3) is 0.200. The van der Waals surface area contributed by atoms with Crippen molar-refractivity contribution in [3.63, 3.8) is 0 Å². The van der Waals surface area contributed by atoms with Crippen LogP contribution in [0.5, 0.6) is 0 Å². The number of hydrogen-bond donors (Lipinski definition) is 1. The number of hydrogen-bond acceptors (Lipinski definition) is 4. The third-order valence-corrected chi connectivity index (χ3v) is 4.19. The quantitative estimate of drug-likeness (QED) is 0.678. The fourth-order valence-electron chi connectivity index (χ4n) is 1.67. The van der Waals surface area contributed by atoms with Gasteiger partial charge in [0.05, 0.1) is 10.6 Å². The summed E-state index contributed by atoms with van der Waals surface area (Å²) in [6.07, 6.45) is 0. The van der Waals surface area contributed by atoms with E-state index in [1.165, 1.54) is 0 Å². The van der Waals surface area contributed by atoms with Crippen molar-refractivity contribution < 1.29 is 8.42 Å². The molecule has 0 aliphatic heterocycles. The Hall–Kier alpha value is -2.41. The Kier molecular flexibility index (Phi) is 4.77. The van der Waals surface area contributed by atoms with Crippen LogP contribution in [0, 0.1) is 6.92 Å². The first kappa shape index (κ1) is 16.0. The zero-order valence-corrected chi connectivity index (χ0v) is 13.5. The molecular formula is C15H18N4O2S. The van der Waals surface area contributed by atoms with Gasteiger partial charge in [0.1, 0.15) is 0 Å². The summed E-state index contributed by atoms with van der Waals surface area (Å²) in [7, 11) is -0.0381. The lowest BCUT2D eigenvalue weighted by Crippen LogP contribution is -2.12. The molecule has 0 aliphatic carbocycles. The van der Waals surface area contributed by atoms with Gasteiger partial charge in [-0.3, -0.25) is 9.73 Å². The number of anilines is 1. The van der Waals surface area contributed by atoms with Crippen LogP contribution in [0.4, 0.5) is 11.4 Å². The third kappa shape index (κ3) is 4.29. The number of nitrogens with zero attached hydrogens (tertiary/aromatic N) is 3. The van der Waals surface area contributed by atoms with Crippen LogP contribution in [0.3, 0.4) is 0 Å². The first-order chi connectivity index (χ1) is 10.4. The highest BCUT2D eigenvalue weighted by molar-refractivity contribution is 7.92. The van der Waals surface area contributed by atoms with Crippen LogP contribution in [-0.2, 0) is 10.0 Å². The van der Waals surface area contributed by atoms with Crippen molar-refractivity contribution in [1.82, 2.24) is 5.01 Å². The number of rotatable bonds is 5. The van der Waals surface area contributed by atoms with Crippen molar-refractivity contribution in [3.8, 4) is 0 Å². The normalized spacial score (nSPS) is 11.6. The highest BCUT2D eigenvalue weighted by atomic mass is 32.2. The number of benzene rings is 2. The van der Waals surface area contributed by atoms with E-state index >= 15 is 0 Å². The lowest BCUT2D eigenvalue weighted by molar-refractivity contribution is 0.408. The van der Waals surface area contributed by atoms with Gasteiger partial charge in [0.15, 0.2) is 0 Å². The molecule has 6 nitrogen and oxygen atoms in total. The van der Waals surface area contributed by atoms with Crippen LogP contribution in [0.25, 0.3) is 0 Å². The maximum Gasteiger partial charge on any atom is 0.261 e. The van der Waals surface area contributed by atoms with Crippen molar-refractivity contribution in [3.05, 3.63) is 54.1 Å². The topological polar surface area (TPSA) is 74.1 Å². The van der Waals surface area contributed by atoms with Crippen LogP contribution in [0.15, 0.2) is 63.8 Å². The van der Waals surface area contributed by atoms with Crippen molar-refractivity contribution in [2.24, 2.45) is 10.3 Å². The molecule has 0 bridgehead atoms. The summed E-state index contributed by atoms with van der Waals surface area (Å²) < 4.78 is 27.0. The summed E-state index contributed by atoms with van der Waals surface area (Å²) in [5.41, 5.74) is 2.13. The lowest BCUT2D eigenvalue weighted by atomic mass is 10.2. The van der Waals surface area contributed by atoms with E-state index in [0.717, 1.165) is 5.56 Å². The highest BCUT2D eigenvalue weighted by Gasteiger charge is 2.13. The molecular weight excluding hydrogens is 300 g/mol. The van der Waals surface area contributed by atoms with E-state index in [-0.39, 0.29) is 4.90 Å². The molecule has 0 unspecified atom stereocenters. The summed E-state index contributed by atoms with van der Waals surface area (Å²) in [6.45, 7) is 1.91. The first-order valence-electron chi connectivity index (χ1n) is 6.65. The molecule has 0 heterocycles. The number of sulfonamides is 1. The molecule has 0 atom stereocenters. The van der Waals surface area contributed by atoms with Crippen LogP contribution < -0.4 is 4.72 Å². The van der Waals surface area contributed by atoms with Crippen LogP contribution >= 0.6 is 0 Å². The van der Waals surface area contributed by atoms with Gasteiger partial charge in [-0.15, -0.1) is 5.11 Å². The largest absolute Gasteiger partial charge is 0.285 e. The van der Waals surface area contributed by atoms with Crippen LogP contribution in [-0.4, -0.2) is 27.5 Å². The summed E-state index contributed by atoms with van der Waals surface area (Å²) in [6, 6.07) is 13.4. The average Bonchev–Trinajstić information content (AvgIpc) is 2.46. The molecule has 0 aromatic heterocycles. The Morgan fingerprint density at radius 1 is 0.955 bits per heavy atom. The standard InChI is InChI=1S/C15H18N4O2S/c1-12-4-10-15(11-5-12)22(20,21)17-14-8-6-13(7-9-14)16-18-19(2)3/h4-11,17H,1-3H3. The van der Waals surface area contributed by atoms with Gasteiger partial charge < -0.3 is 0 Å². The van der Waals surface area contributed by atoms with Gasteiger partial charge in [0.2, 0.25) is 0 Å². The average molecular weight is 318 g/mol. The van der Waals surface area contributed by atoms with Crippen molar-refractivity contribution in [2.75, 3.05) is 18.8 Å². The second kappa shape index (κ2) is 6.57. The van der Waals surface area contributed by atoms with Crippen molar-refractivity contribution in [1.29, 1.82) is 0 Å². The second-order valence-corrected chi connectivity index (χ2v) is 6.68. The van der Waals surface area contributed by atoms with Crippen LogP contribution in [0.1, 0.15) is 5.56 Å². The molecule has 2 aromatic rings. The number of aryl methyl sites for hydroxylation is 1. The van der Waals surface area contributed by atoms with Crippen molar-refractivity contribution >= 4 is 21.4 Å². The molecule has 7 heteroatoms. The zero-order valence-electron chi connectivity index (χ0n) is 12.7. The first-order valence-corrected chi connectivity index (χ1v) is 8.14. The molecule has 0 aliphatic rings. The van der Waals surface area contributed by atoms with Gasteiger partial charge in [0, 0.05) is 19.8 Å². The molecule has 0 amide bonds. The minimum absolute atomic E-state index is 0.231. The lowest BCUT2D eigenvalue weighted by Gasteiger charge is -2.08. The Bertz CT molecular complexity index is 751. The van der Waals surface area contributed by atoms with E-state index in [9.17, 15) is 8.42 Å². The molecule has 0 saturated heterocycles. The third-order valence-electron chi connectivity index (χ3n) is 2.79. The maximum atomic E-state index is 12.3. The Balaban J connectivity index is 2.14. The SMILES string of the molecule is Cc1ccc(S(=O)(=O)Nc2ccc(N=NN(C)C)cc2)cc1. The molecule has 116 valence electrons. The summed E-state index contributed by atoms with van der Waals surface area (Å²) >= 11 is 0. The second-order valence-electron chi connectivity index (χ2n) is 5.00. The van der Waals surface area contributed by atoms with E-state index < -0.39 is 10.0 Å². The predicted molar refractivity (Wildman–Crippen MR) is 86.6 cm³/mol. The highest BCUT2D eigenvalue weighted by Crippen LogP contribution is 2.20. The Morgan fingerprint density at radius 2 is 1.55 bits per heavy atom. The minimum Gasteiger partial charge on any atom is -0.285 e. The molecule has 0 fully saturated rings. The van der Waals surface area contributed by atoms with Gasteiger partial charge in [-0.05, 0) is 43.3 Å². The smallest absolute Gasteiger partial charge is 0.261 e. The van der Waals surface area contributed by atoms with E-state index in [0.29, 0.717) is 11.4 Å². The molecule has 0 spiro atoms. The number of nitrogens with one attached hydrogen (secondary N) is 1. The molecule has 2 rings (SSSR count). The fourth-order valence-corrected chi connectivity index (χ4v) is 2.73. The van der Waals surface area contributed by atoms with Gasteiger partial charge in [-0.25, -0.2) is 8.42 Å². The predicted octanol–water partition coefficient (Wildman–Crippen LogP) is 3.36. The van der Waals surface area contributed by atoms with E-state index in [2.05, 4.69) is 15.1 Å². The van der Waals surface area contributed by atoms with Gasteiger partial charge in [-0.1, -0.05) is 22.9 Å². The maximum absolute atomic E-state index is 12.3. The molecule has 0 saturated carbocycles. The van der Waals surface area contributed by atoms with E-state index in [4.69, 9.17) is 0 Å². The molecule has 22 heavy (non-hydrogen) atoms. The summed E-state index contributed by atoms with van der Waals surface area (Å²) in [5, 5.41) is 9.44. The van der Waals surface area contributed by atoms with Gasteiger partial charge in [-0.2, -0.15) is 0 Å². The minimum atomic E-state index is -3.58. The van der Waals surface area contributed by atoms with Gasteiger partial charge in [0.25, 0.3) is 10.0 Å². The Morgan fingerprint density at radius 3 is 2.09 bits per heavy atom. The molecule has 1 N–H and O–H groups in total. The summed E-state index contributed by atoms with van der Waals surface area (Å²) in [4.78, 5) is 0.231. The Labute approximate surface area is 130 Å². The summed E-state index contributed by atoms with van der Waals surface area (Å²) in [5.74, 6) is 0. The molecule has 2 aromatic carbocycles. The zero-order chi connectivity index (χ0) is 16.2. The van der Waals surface area contributed by atoms with E-state index in [1.54, 1.807) is 67.6 Å².